The van der Waals surface area contributed by atoms with E-state index in [0.717, 1.165) is 35.2 Å². The van der Waals surface area contributed by atoms with E-state index < -0.39 is 0 Å². The van der Waals surface area contributed by atoms with Crippen LogP contribution < -0.4 is 0 Å². The van der Waals surface area contributed by atoms with E-state index >= 15 is 0 Å². The molecule has 3 aromatic heterocycles. The lowest BCUT2D eigenvalue weighted by Crippen LogP contribution is -1.97. The van der Waals surface area contributed by atoms with E-state index in [-0.39, 0.29) is 5.25 Å². The highest BCUT2D eigenvalue weighted by molar-refractivity contribution is 7.99. The van der Waals surface area contributed by atoms with Crippen LogP contribution in [-0.4, -0.2) is 29.9 Å². The molecule has 23 heavy (non-hydrogen) atoms. The summed E-state index contributed by atoms with van der Waals surface area (Å²) in [4.78, 5) is 8.45. The summed E-state index contributed by atoms with van der Waals surface area (Å²) in [6.45, 7) is 4.11. The second kappa shape index (κ2) is 6.91. The zero-order valence-electron chi connectivity index (χ0n) is 13.3. The Morgan fingerprint density at radius 1 is 1.26 bits per heavy atom. The molecule has 3 rings (SSSR count). The van der Waals surface area contributed by atoms with Gasteiger partial charge in [-0.2, -0.15) is 4.98 Å². The van der Waals surface area contributed by atoms with Gasteiger partial charge in [0.15, 0.2) is 16.8 Å². The van der Waals surface area contributed by atoms with Crippen LogP contribution in [0.25, 0.3) is 11.4 Å². The van der Waals surface area contributed by atoms with E-state index in [0.29, 0.717) is 5.89 Å². The number of nitrogens with zero attached hydrogens (tertiary/aromatic N) is 6. The molecule has 0 saturated carbocycles. The Balaban J connectivity index is 1.76. The fourth-order valence-electron chi connectivity index (χ4n) is 2.14. The summed E-state index contributed by atoms with van der Waals surface area (Å²) in [5.74, 6) is 2.18. The fraction of sp³-hybridized carbons (Fsp3) is 0.400. The monoisotopic (exact) mass is 330 g/mol. The molecule has 0 aliphatic rings. The third kappa shape index (κ3) is 3.42. The summed E-state index contributed by atoms with van der Waals surface area (Å²) in [5, 5.41) is 13.3. The smallest absolute Gasteiger partial charge is 0.239 e. The predicted molar refractivity (Wildman–Crippen MR) is 86.8 cm³/mol. The SMILES string of the molecule is CCCc1noc([C@@H](C)Sc2nnc(-c3ccncc3)n2C)n1. The summed E-state index contributed by atoms with van der Waals surface area (Å²) in [6, 6.07) is 3.83. The summed E-state index contributed by atoms with van der Waals surface area (Å²) in [7, 11) is 1.95. The largest absolute Gasteiger partial charge is 0.338 e. The van der Waals surface area contributed by atoms with Gasteiger partial charge in [0, 0.05) is 31.4 Å². The Labute approximate surface area is 138 Å². The van der Waals surface area contributed by atoms with Crippen LogP contribution >= 0.6 is 11.8 Å². The van der Waals surface area contributed by atoms with Crippen LogP contribution in [-0.2, 0) is 13.5 Å². The third-order valence-corrected chi connectivity index (χ3v) is 4.48. The first-order valence-electron chi connectivity index (χ1n) is 7.48. The highest BCUT2D eigenvalue weighted by Gasteiger charge is 2.19. The maximum Gasteiger partial charge on any atom is 0.239 e. The van der Waals surface area contributed by atoms with Gasteiger partial charge in [0.2, 0.25) is 5.89 Å². The van der Waals surface area contributed by atoms with Crippen molar-refractivity contribution in [3.8, 4) is 11.4 Å². The van der Waals surface area contributed by atoms with Crippen LogP contribution in [0, 0.1) is 0 Å². The minimum atomic E-state index is 0.0151. The predicted octanol–water partition coefficient (Wildman–Crippen LogP) is 3.07. The van der Waals surface area contributed by atoms with Crippen LogP contribution in [0.1, 0.15) is 37.2 Å². The van der Waals surface area contributed by atoms with Crippen molar-refractivity contribution in [2.45, 2.75) is 37.1 Å². The first-order chi connectivity index (χ1) is 11.2. The first kappa shape index (κ1) is 15.7. The molecule has 120 valence electrons. The van der Waals surface area contributed by atoms with Crippen molar-refractivity contribution in [2.75, 3.05) is 0 Å². The number of aryl methyl sites for hydroxylation is 1. The lowest BCUT2D eigenvalue weighted by Gasteiger charge is -2.06. The highest BCUT2D eigenvalue weighted by atomic mass is 32.2. The zero-order chi connectivity index (χ0) is 16.2. The topological polar surface area (TPSA) is 82.5 Å². The second-order valence-electron chi connectivity index (χ2n) is 5.16. The van der Waals surface area contributed by atoms with Gasteiger partial charge in [0.25, 0.3) is 0 Å². The van der Waals surface area contributed by atoms with Crippen molar-refractivity contribution < 1.29 is 4.52 Å². The Morgan fingerprint density at radius 3 is 2.78 bits per heavy atom. The van der Waals surface area contributed by atoms with Gasteiger partial charge in [-0.3, -0.25) is 4.98 Å². The number of hydrogen-bond donors (Lipinski definition) is 0. The van der Waals surface area contributed by atoms with Crippen molar-refractivity contribution in [2.24, 2.45) is 7.05 Å². The molecule has 8 heteroatoms. The molecule has 7 nitrogen and oxygen atoms in total. The lowest BCUT2D eigenvalue weighted by atomic mass is 10.2. The molecule has 0 fully saturated rings. The van der Waals surface area contributed by atoms with Crippen molar-refractivity contribution in [3.63, 3.8) is 0 Å². The molecule has 1 atom stereocenters. The molecule has 0 aliphatic carbocycles. The minimum Gasteiger partial charge on any atom is -0.338 e. The molecule has 0 unspecified atom stereocenters. The molecule has 0 spiro atoms. The molecule has 3 aromatic rings. The lowest BCUT2D eigenvalue weighted by molar-refractivity contribution is 0.374. The Bertz CT molecular complexity index is 769. The Morgan fingerprint density at radius 2 is 2.04 bits per heavy atom. The molecule has 0 radical (unpaired) electrons. The standard InChI is InChI=1S/C15H18N6OS/c1-4-5-12-17-14(22-20-12)10(2)23-15-19-18-13(21(15)3)11-6-8-16-9-7-11/h6-10H,4-5H2,1-3H3/t10-/m1/s1. The molecule has 0 N–H and O–H groups in total. The van der Waals surface area contributed by atoms with E-state index in [1.807, 2.05) is 30.7 Å². The Kier molecular flexibility index (Phi) is 4.71. The maximum atomic E-state index is 5.33. The van der Waals surface area contributed by atoms with Crippen molar-refractivity contribution in [1.82, 2.24) is 29.9 Å². The number of aromatic nitrogens is 6. The van der Waals surface area contributed by atoms with Crippen LogP contribution in [0.2, 0.25) is 0 Å². The van der Waals surface area contributed by atoms with Crippen molar-refractivity contribution in [3.05, 3.63) is 36.2 Å². The molecule has 0 aliphatic heterocycles. The molecule has 0 saturated heterocycles. The normalized spacial score (nSPS) is 12.5. The quantitative estimate of drug-likeness (QED) is 0.642. The van der Waals surface area contributed by atoms with Crippen LogP contribution in [0.15, 0.2) is 34.2 Å². The third-order valence-electron chi connectivity index (χ3n) is 3.36. The van der Waals surface area contributed by atoms with Gasteiger partial charge in [-0.15, -0.1) is 10.2 Å². The van der Waals surface area contributed by atoms with E-state index in [2.05, 4.69) is 32.2 Å². The number of pyridine rings is 1. The van der Waals surface area contributed by atoms with Gasteiger partial charge in [-0.05, 0) is 25.5 Å². The van der Waals surface area contributed by atoms with E-state index in [1.165, 1.54) is 0 Å². The van der Waals surface area contributed by atoms with Crippen molar-refractivity contribution >= 4 is 11.8 Å². The van der Waals surface area contributed by atoms with Gasteiger partial charge >= 0.3 is 0 Å². The van der Waals surface area contributed by atoms with Gasteiger partial charge in [-0.25, -0.2) is 0 Å². The van der Waals surface area contributed by atoms with Crippen LogP contribution in [0.5, 0.6) is 0 Å². The van der Waals surface area contributed by atoms with E-state index in [4.69, 9.17) is 4.52 Å². The summed E-state index contributed by atoms with van der Waals surface area (Å²) in [6.07, 6.45) is 5.32. The molecular weight excluding hydrogens is 312 g/mol. The second-order valence-corrected chi connectivity index (χ2v) is 6.47. The average molecular weight is 330 g/mol. The van der Waals surface area contributed by atoms with Gasteiger partial charge in [-0.1, -0.05) is 23.8 Å². The zero-order valence-corrected chi connectivity index (χ0v) is 14.1. The molecular formula is C15H18N6OS. The highest BCUT2D eigenvalue weighted by Crippen LogP contribution is 2.33. The van der Waals surface area contributed by atoms with Crippen molar-refractivity contribution in [1.29, 1.82) is 0 Å². The number of thioether (sulfide) groups is 1. The molecule has 0 bridgehead atoms. The molecule has 0 amide bonds. The Hall–Kier alpha value is -2.22. The number of hydrogen-bond acceptors (Lipinski definition) is 7. The minimum absolute atomic E-state index is 0.0151. The average Bonchev–Trinajstić information content (AvgIpc) is 3.17. The summed E-state index contributed by atoms with van der Waals surface area (Å²) < 4.78 is 7.29. The van der Waals surface area contributed by atoms with Gasteiger partial charge in [0.1, 0.15) is 0 Å². The van der Waals surface area contributed by atoms with E-state index in [9.17, 15) is 0 Å². The fourth-order valence-corrected chi connectivity index (χ4v) is 2.98. The van der Waals surface area contributed by atoms with Crippen LogP contribution in [0.3, 0.4) is 0 Å². The molecule has 0 aromatic carbocycles. The van der Waals surface area contributed by atoms with E-state index in [1.54, 1.807) is 24.2 Å². The van der Waals surface area contributed by atoms with Gasteiger partial charge < -0.3 is 9.09 Å². The summed E-state index contributed by atoms with van der Waals surface area (Å²) >= 11 is 1.55. The maximum absolute atomic E-state index is 5.33. The van der Waals surface area contributed by atoms with Gasteiger partial charge in [0.05, 0.1) is 5.25 Å². The first-order valence-corrected chi connectivity index (χ1v) is 8.36. The van der Waals surface area contributed by atoms with Crippen LogP contribution in [0.4, 0.5) is 0 Å². The molecule has 3 heterocycles. The number of rotatable bonds is 6. The summed E-state index contributed by atoms with van der Waals surface area (Å²) in [5.41, 5.74) is 0.984.